The molecule has 0 spiro atoms. The summed E-state index contributed by atoms with van der Waals surface area (Å²) in [5.41, 5.74) is 3.64. The topological polar surface area (TPSA) is 56.8 Å². The van der Waals surface area contributed by atoms with Gasteiger partial charge in [-0.25, -0.2) is 10.3 Å². The van der Waals surface area contributed by atoms with Crippen LogP contribution in [0.4, 0.5) is 4.79 Å². The lowest BCUT2D eigenvalue weighted by Gasteiger charge is -2.26. The highest BCUT2D eigenvalue weighted by Crippen LogP contribution is 2.38. The van der Waals surface area contributed by atoms with Crippen LogP contribution in [-0.2, 0) is 19.9 Å². The van der Waals surface area contributed by atoms with E-state index in [1.807, 2.05) is 60.7 Å². The van der Waals surface area contributed by atoms with Gasteiger partial charge in [0.1, 0.15) is 0 Å². The Bertz CT molecular complexity index is 658. The summed E-state index contributed by atoms with van der Waals surface area (Å²) in [6, 6.07) is 19.4. The lowest BCUT2D eigenvalue weighted by molar-refractivity contribution is -0.0336. The molecule has 5 heteroatoms. The van der Waals surface area contributed by atoms with E-state index in [4.69, 9.17) is 14.3 Å². The van der Waals surface area contributed by atoms with Crippen molar-refractivity contribution in [1.29, 1.82) is 0 Å². The molecule has 3 rings (SSSR count). The monoisotopic (exact) mass is 311 g/mol. The molecule has 0 radical (unpaired) electrons. The first-order chi connectivity index (χ1) is 11.2. The van der Waals surface area contributed by atoms with Gasteiger partial charge < -0.3 is 9.47 Å². The summed E-state index contributed by atoms with van der Waals surface area (Å²) in [5, 5.41) is 0. The van der Waals surface area contributed by atoms with Crippen LogP contribution in [0.3, 0.4) is 0 Å². The van der Waals surface area contributed by atoms with Gasteiger partial charge in [0.25, 0.3) is 0 Å². The minimum absolute atomic E-state index is 0.205. The van der Waals surface area contributed by atoms with Crippen molar-refractivity contribution in [3.63, 3.8) is 0 Å². The lowest BCUT2D eigenvalue weighted by atomic mass is 9.86. The second-order valence-electron chi connectivity index (χ2n) is 4.97. The van der Waals surface area contributed by atoms with Crippen molar-refractivity contribution in [3.8, 4) is 0 Å². The predicted octanol–water partition coefficient (Wildman–Crippen LogP) is 3.48. The summed E-state index contributed by atoms with van der Waals surface area (Å²) in [6.07, 6.45) is 0.959. The van der Waals surface area contributed by atoms with Crippen LogP contribution in [0.25, 0.3) is 0 Å². The van der Waals surface area contributed by atoms with E-state index in [0.29, 0.717) is 0 Å². The summed E-state index contributed by atoms with van der Waals surface area (Å²) < 4.78 is 9.90. The number of carbonyl (C=O) groups is 1. The van der Waals surface area contributed by atoms with Crippen LogP contribution in [-0.4, -0.2) is 12.8 Å². The van der Waals surface area contributed by atoms with Crippen LogP contribution in [0.2, 0.25) is 0 Å². The number of carbonyl (C=O) groups excluding carboxylic acids is 1. The minimum atomic E-state index is -0.871. The summed E-state index contributed by atoms with van der Waals surface area (Å²) in [6.45, 7) is 1.96. The molecule has 0 amide bonds. The molecule has 0 aliphatic carbocycles. The van der Waals surface area contributed by atoms with Gasteiger partial charge in [-0.3, -0.25) is 4.84 Å². The van der Waals surface area contributed by atoms with Crippen LogP contribution >= 0.6 is 0 Å². The first-order valence-corrected chi connectivity index (χ1v) is 7.37. The zero-order chi connectivity index (χ0) is 16.1. The van der Waals surface area contributed by atoms with Crippen LogP contribution in [0.5, 0.6) is 0 Å². The molecule has 23 heavy (non-hydrogen) atoms. The molecule has 2 aromatic rings. The summed E-state index contributed by atoms with van der Waals surface area (Å²) >= 11 is 0. The lowest BCUT2D eigenvalue weighted by Crippen LogP contribution is -2.28. The second kappa shape index (κ2) is 6.54. The fourth-order valence-corrected chi connectivity index (χ4v) is 2.48. The quantitative estimate of drug-likeness (QED) is 0.876. The number of hydrogen-bond donors (Lipinski definition) is 1. The number of rotatable bonds is 4. The van der Waals surface area contributed by atoms with Crippen molar-refractivity contribution in [1.82, 2.24) is 5.48 Å². The predicted molar refractivity (Wildman–Crippen MR) is 84.1 cm³/mol. The van der Waals surface area contributed by atoms with E-state index in [9.17, 15) is 4.79 Å². The number of hydroxylamine groups is 1. The molecule has 1 heterocycles. The molecule has 0 saturated heterocycles. The Hall–Kier alpha value is -2.79. The van der Waals surface area contributed by atoms with Gasteiger partial charge in [0, 0.05) is 6.08 Å². The molecule has 0 atom stereocenters. The van der Waals surface area contributed by atoms with E-state index in [1.165, 1.54) is 0 Å². The van der Waals surface area contributed by atoms with Crippen molar-refractivity contribution in [2.24, 2.45) is 0 Å². The Morgan fingerprint density at radius 1 is 1.04 bits per heavy atom. The average molecular weight is 311 g/mol. The van der Waals surface area contributed by atoms with Gasteiger partial charge in [-0.05, 0) is 18.1 Å². The highest BCUT2D eigenvalue weighted by molar-refractivity contribution is 5.61. The Kier molecular flexibility index (Phi) is 4.30. The minimum Gasteiger partial charge on any atom is -0.434 e. The van der Waals surface area contributed by atoms with Crippen molar-refractivity contribution >= 4 is 6.16 Å². The normalized spacial score (nSPS) is 15.4. The molecular formula is C18H17NO4. The number of benzene rings is 2. The largest absolute Gasteiger partial charge is 0.515 e. The average Bonchev–Trinajstić information content (AvgIpc) is 3.02. The SMILES string of the molecule is CCOC(=O)OC1=CC(c2ccccc2)(c2ccccc2)ON1. The van der Waals surface area contributed by atoms with Crippen molar-refractivity contribution in [2.75, 3.05) is 6.61 Å². The molecule has 0 bridgehead atoms. The van der Waals surface area contributed by atoms with E-state index in [0.717, 1.165) is 11.1 Å². The van der Waals surface area contributed by atoms with Crippen molar-refractivity contribution < 1.29 is 19.1 Å². The number of nitrogens with one attached hydrogen (secondary N) is 1. The maximum absolute atomic E-state index is 11.5. The maximum atomic E-state index is 11.5. The Morgan fingerprint density at radius 3 is 2.13 bits per heavy atom. The first kappa shape index (κ1) is 15.1. The molecule has 0 fully saturated rings. The van der Waals surface area contributed by atoms with Gasteiger partial charge >= 0.3 is 6.16 Å². The van der Waals surface area contributed by atoms with Gasteiger partial charge in [0.2, 0.25) is 5.88 Å². The zero-order valence-corrected chi connectivity index (χ0v) is 12.7. The smallest absolute Gasteiger partial charge is 0.434 e. The van der Waals surface area contributed by atoms with E-state index >= 15 is 0 Å². The van der Waals surface area contributed by atoms with Crippen LogP contribution in [0.15, 0.2) is 72.6 Å². The fourth-order valence-electron chi connectivity index (χ4n) is 2.48. The van der Waals surface area contributed by atoms with Crippen LogP contribution in [0, 0.1) is 0 Å². The molecule has 1 N–H and O–H groups in total. The van der Waals surface area contributed by atoms with Gasteiger partial charge in [-0.2, -0.15) is 0 Å². The van der Waals surface area contributed by atoms with E-state index < -0.39 is 11.8 Å². The Balaban J connectivity index is 1.99. The highest BCUT2D eigenvalue weighted by Gasteiger charge is 2.40. The molecule has 0 unspecified atom stereocenters. The zero-order valence-electron chi connectivity index (χ0n) is 12.7. The summed E-state index contributed by atoms with van der Waals surface area (Å²) in [7, 11) is 0. The third-order valence-electron chi connectivity index (χ3n) is 3.51. The number of ether oxygens (including phenoxy) is 2. The molecule has 5 nitrogen and oxygen atoms in total. The van der Waals surface area contributed by atoms with E-state index in [1.54, 1.807) is 13.0 Å². The second-order valence-corrected chi connectivity index (χ2v) is 4.97. The highest BCUT2D eigenvalue weighted by atomic mass is 16.8. The third kappa shape index (κ3) is 3.05. The number of hydrogen-bond acceptors (Lipinski definition) is 5. The van der Waals surface area contributed by atoms with Gasteiger partial charge in [0.15, 0.2) is 5.60 Å². The Morgan fingerprint density at radius 2 is 1.61 bits per heavy atom. The molecule has 118 valence electrons. The fraction of sp³-hybridized carbons (Fsp3) is 0.167. The molecule has 0 saturated carbocycles. The standard InChI is InChI=1S/C18H17NO4/c1-2-21-17(20)22-16-13-18(23-19-16,14-9-5-3-6-10-14)15-11-7-4-8-12-15/h3-13,19H,2H2,1H3. The summed E-state index contributed by atoms with van der Waals surface area (Å²) in [5.74, 6) is 0.205. The molecule has 2 aromatic carbocycles. The molecule has 1 aliphatic rings. The maximum Gasteiger partial charge on any atom is 0.515 e. The molecule has 0 aromatic heterocycles. The van der Waals surface area contributed by atoms with E-state index in [2.05, 4.69) is 5.48 Å². The molecular weight excluding hydrogens is 294 g/mol. The van der Waals surface area contributed by atoms with Gasteiger partial charge in [-0.1, -0.05) is 60.7 Å². The van der Waals surface area contributed by atoms with E-state index in [-0.39, 0.29) is 12.5 Å². The Labute approximate surface area is 134 Å². The van der Waals surface area contributed by atoms with Crippen LogP contribution in [0.1, 0.15) is 18.1 Å². The summed E-state index contributed by atoms with van der Waals surface area (Å²) in [4.78, 5) is 17.3. The van der Waals surface area contributed by atoms with Gasteiger partial charge in [0.05, 0.1) is 6.61 Å². The van der Waals surface area contributed by atoms with Crippen molar-refractivity contribution in [3.05, 3.63) is 83.7 Å². The first-order valence-electron chi connectivity index (χ1n) is 7.37. The van der Waals surface area contributed by atoms with Crippen LogP contribution < -0.4 is 5.48 Å². The van der Waals surface area contributed by atoms with Crippen molar-refractivity contribution in [2.45, 2.75) is 12.5 Å². The molecule has 1 aliphatic heterocycles. The third-order valence-corrected chi connectivity index (χ3v) is 3.51. The van der Waals surface area contributed by atoms with Gasteiger partial charge in [-0.15, -0.1) is 0 Å².